The predicted octanol–water partition coefficient (Wildman–Crippen LogP) is -0.585. The number of aliphatic hydroxyl groups excluding tert-OH is 2. The SMILES string of the molecule is CC[C@H](C)[C@H](NC(=O)[C@@H](NC(=O)[C@@H](NC(=O)[C@@H]1CCCN1C(=O)[C@H](CC(C)C)NC(=O)[C@@H](N)CCSC)C(C)C)[C@@H](C)O)C(=O)N[C@@H](Cc1ccccc1)C(=O)N[C@@H](CO)C(=O)O. The van der Waals surface area contributed by atoms with E-state index in [1.807, 2.05) is 20.1 Å². The number of hydrogen-bond acceptors (Lipinski definition) is 12. The molecule has 0 saturated carbocycles. The van der Waals surface area contributed by atoms with E-state index >= 15 is 0 Å². The molecule has 19 nitrogen and oxygen atoms in total. The first kappa shape index (κ1) is 54.3. The summed E-state index contributed by atoms with van der Waals surface area (Å²) in [5.41, 5.74) is 6.70. The quantitative estimate of drug-likeness (QED) is 0.0557. The maximum absolute atomic E-state index is 13.9. The average molecular weight is 907 g/mol. The van der Waals surface area contributed by atoms with Gasteiger partial charge in [-0.1, -0.05) is 78.3 Å². The Bertz CT molecular complexity index is 1700. The van der Waals surface area contributed by atoms with E-state index in [9.17, 15) is 53.7 Å². The number of aliphatic hydroxyl groups is 2. The molecule has 0 spiro atoms. The van der Waals surface area contributed by atoms with Crippen LogP contribution in [0.5, 0.6) is 0 Å². The van der Waals surface area contributed by atoms with E-state index in [-0.39, 0.29) is 18.9 Å². The van der Waals surface area contributed by atoms with Crippen LogP contribution in [0.2, 0.25) is 0 Å². The Morgan fingerprint density at radius 1 is 0.778 bits per heavy atom. The van der Waals surface area contributed by atoms with Crippen LogP contribution in [0, 0.1) is 17.8 Å². The van der Waals surface area contributed by atoms with Crippen molar-refractivity contribution >= 4 is 59.1 Å². The van der Waals surface area contributed by atoms with Crippen LogP contribution in [-0.4, -0.2) is 147 Å². The zero-order chi connectivity index (χ0) is 47.6. The number of carbonyl (C=O) groups excluding carboxylic acids is 7. The predicted molar refractivity (Wildman–Crippen MR) is 238 cm³/mol. The van der Waals surface area contributed by atoms with Crippen LogP contribution >= 0.6 is 11.8 Å². The van der Waals surface area contributed by atoms with E-state index in [0.717, 1.165) is 0 Å². The normalized spacial score (nSPS) is 18.1. The Labute approximate surface area is 374 Å². The van der Waals surface area contributed by atoms with E-state index in [1.54, 1.807) is 69.8 Å². The number of thioether (sulfide) groups is 1. The van der Waals surface area contributed by atoms with Gasteiger partial charge in [0.05, 0.1) is 18.8 Å². The molecule has 0 bridgehead atoms. The second-order valence-electron chi connectivity index (χ2n) is 16.9. The minimum Gasteiger partial charge on any atom is -0.480 e. The number of aliphatic carboxylic acids is 1. The summed E-state index contributed by atoms with van der Waals surface area (Å²) in [6.45, 7) is 11.2. The largest absolute Gasteiger partial charge is 0.480 e. The third kappa shape index (κ3) is 17.0. The summed E-state index contributed by atoms with van der Waals surface area (Å²) in [5.74, 6) is -6.87. The van der Waals surface area contributed by atoms with Crippen LogP contribution in [0.15, 0.2) is 30.3 Å². The van der Waals surface area contributed by atoms with E-state index in [1.165, 1.54) is 11.8 Å². The van der Waals surface area contributed by atoms with Gasteiger partial charge in [-0.2, -0.15) is 11.8 Å². The van der Waals surface area contributed by atoms with Gasteiger partial charge in [-0.25, -0.2) is 4.79 Å². The lowest BCUT2D eigenvalue weighted by Crippen LogP contribution is -2.63. The molecule has 1 aliphatic heterocycles. The number of nitrogens with one attached hydrogen (secondary N) is 6. The van der Waals surface area contributed by atoms with Crippen LogP contribution in [0.1, 0.15) is 86.1 Å². The maximum atomic E-state index is 13.9. The molecule has 0 unspecified atom stereocenters. The van der Waals surface area contributed by atoms with Gasteiger partial charge in [0.1, 0.15) is 42.3 Å². The van der Waals surface area contributed by atoms with Crippen LogP contribution in [0.4, 0.5) is 0 Å². The lowest BCUT2D eigenvalue weighted by molar-refractivity contribution is -0.143. The zero-order valence-electron chi connectivity index (χ0n) is 37.7. The highest BCUT2D eigenvalue weighted by atomic mass is 32.2. The molecule has 7 amide bonds. The van der Waals surface area contributed by atoms with E-state index in [0.29, 0.717) is 43.4 Å². The van der Waals surface area contributed by atoms with Gasteiger partial charge in [-0.15, -0.1) is 0 Å². The molecule has 354 valence electrons. The summed E-state index contributed by atoms with van der Waals surface area (Å²) in [5, 5.41) is 45.1. The Hall–Kier alpha value is -4.79. The van der Waals surface area contributed by atoms with Gasteiger partial charge in [0, 0.05) is 13.0 Å². The molecule has 20 heteroatoms. The number of likely N-dealkylation sites (tertiary alicyclic amines) is 1. The fourth-order valence-corrected chi connectivity index (χ4v) is 7.50. The van der Waals surface area contributed by atoms with E-state index in [2.05, 4.69) is 31.9 Å². The van der Waals surface area contributed by atoms with Gasteiger partial charge in [0.15, 0.2) is 0 Å². The Morgan fingerprint density at radius 3 is 1.89 bits per heavy atom. The second kappa shape index (κ2) is 26.7. The van der Waals surface area contributed by atoms with Crippen molar-refractivity contribution in [1.29, 1.82) is 0 Å². The molecule has 63 heavy (non-hydrogen) atoms. The first-order valence-electron chi connectivity index (χ1n) is 21.6. The molecule has 1 heterocycles. The number of nitrogens with zero attached hydrogens (tertiary/aromatic N) is 1. The van der Waals surface area contributed by atoms with Crippen LogP contribution < -0.4 is 37.6 Å². The van der Waals surface area contributed by atoms with Gasteiger partial charge in [0.25, 0.3) is 0 Å². The lowest BCUT2D eigenvalue weighted by atomic mass is 9.96. The molecular formula is C43H70N8O11S. The van der Waals surface area contributed by atoms with Crippen molar-refractivity contribution in [2.75, 3.05) is 25.2 Å². The first-order chi connectivity index (χ1) is 29.7. The highest BCUT2D eigenvalue weighted by Gasteiger charge is 2.41. The van der Waals surface area contributed by atoms with Crippen molar-refractivity contribution in [2.24, 2.45) is 23.5 Å². The number of nitrogens with two attached hydrogens (primary N) is 1. The highest BCUT2D eigenvalue weighted by Crippen LogP contribution is 2.22. The fourth-order valence-electron chi connectivity index (χ4n) is 7.01. The van der Waals surface area contributed by atoms with E-state index in [4.69, 9.17) is 5.73 Å². The number of carbonyl (C=O) groups is 8. The molecule has 1 aromatic carbocycles. The zero-order valence-corrected chi connectivity index (χ0v) is 38.5. The molecule has 0 aromatic heterocycles. The monoisotopic (exact) mass is 906 g/mol. The van der Waals surface area contributed by atoms with Crippen molar-refractivity contribution in [3.05, 3.63) is 35.9 Å². The van der Waals surface area contributed by atoms with Gasteiger partial charge in [-0.3, -0.25) is 33.6 Å². The summed E-state index contributed by atoms with van der Waals surface area (Å²) in [7, 11) is 0. The van der Waals surface area contributed by atoms with Crippen LogP contribution in [-0.2, 0) is 44.8 Å². The Morgan fingerprint density at radius 2 is 1.35 bits per heavy atom. The first-order valence-corrected chi connectivity index (χ1v) is 23.0. The average Bonchev–Trinajstić information content (AvgIpc) is 3.73. The molecule has 1 saturated heterocycles. The number of carboxylic acids is 1. The van der Waals surface area contributed by atoms with Gasteiger partial charge in [0.2, 0.25) is 41.4 Å². The third-order valence-corrected chi connectivity index (χ3v) is 11.6. The van der Waals surface area contributed by atoms with Gasteiger partial charge in [-0.05, 0) is 67.9 Å². The summed E-state index contributed by atoms with van der Waals surface area (Å²) < 4.78 is 0. The minimum atomic E-state index is -1.65. The standard InChI is InChI=1S/C43H70N8O11S/c1-9-25(6)34(40(58)45-29(21-27-14-11-10-12-15-27)37(55)47-31(22-52)43(61)62)49-41(59)35(26(7)53)50-39(57)33(24(4)5)48-38(56)32-16-13-18-51(32)42(60)30(20-23(2)3)46-36(54)28(44)17-19-63-8/h10-12,14-15,23-26,28-35,52-53H,9,13,16-22,44H2,1-8H3,(H,45,58)(H,46,54)(H,47,55)(H,48,56)(H,49,59)(H,50,57)(H,61,62)/t25-,26+,28-,29-,30-,31-,32-,33-,34-,35-/m0/s1. The van der Waals surface area contributed by atoms with Crippen LogP contribution in [0.3, 0.4) is 0 Å². The molecule has 1 fully saturated rings. The van der Waals surface area contributed by atoms with Crippen molar-refractivity contribution in [2.45, 2.75) is 141 Å². The molecule has 2 rings (SSSR count). The molecule has 1 aliphatic rings. The van der Waals surface area contributed by atoms with Gasteiger partial charge < -0.3 is 57.9 Å². The van der Waals surface area contributed by atoms with Crippen molar-refractivity contribution in [1.82, 2.24) is 36.8 Å². The van der Waals surface area contributed by atoms with E-state index < -0.39 is 120 Å². The summed E-state index contributed by atoms with van der Waals surface area (Å²) in [6.07, 6.45) is 2.23. The smallest absolute Gasteiger partial charge is 0.328 e. The summed E-state index contributed by atoms with van der Waals surface area (Å²) >= 11 is 1.55. The number of amides is 7. The topological polar surface area (TPSA) is 299 Å². The minimum absolute atomic E-state index is 0.0217. The number of hydrogen-bond donors (Lipinski definition) is 10. The van der Waals surface area contributed by atoms with Gasteiger partial charge >= 0.3 is 5.97 Å². The highest BCUT2D eigenvalue weighted by molar-refractivity contribution is 7.98. The number of rotatable bonds is 26. The summed E-state index contributed by atoms with van der Waals surface area (Å²) in [6, 6.07) is -1.25. The molecular weight excluding hydrogens is 837 g/mol. The lowest BCUT2D eigenvalue weighted by Gasteiger charge is -2.32. The number of benzene rings is 1. The Kier molecular flexibility index (Phi) is 23.1. The summed E-state index contributed by atoms with van der Waals surface area (Å²) in [4.78, 5) is 109. The molecule has 1 aromatic rings. The second-order valence-corrected chi connectivity index (χ2v) is 17.9. The van der Waals surface area contributed by atoms with Crippen molar-refractivity contribution in [3.63, 3.8) is 0 Å². The van der Waals surface area contributed by atoms with Crippen molar-refractivity contribution in [3.8, 4) is 0 Å². The molecule has 0 radical (unpaired) electrons. The van der Waals surface area contributed by atoms with Crippen molar-refractivity contribution < 1.29 is 53.7 Å². The van der Waals surface area contributed by atoms with Crippen LogP contribution in [0.25, 0.3) is 0 Å². The molecule has 10 atom stereocenters. The molecule has 0 aliphatic carbocycles. The third-order valence-electron chi connectivity index (χ3n) is 10.9. The molecule has 11 N–H and O–H groups in total. The number of carboxylic acid groups (broad SMARTS) is 1. The fraction of sp³-hybridized carbons (Fsp3) is 0.674. The Balaban J connectivity index is 2.28. The maximum Gasteiger partial charge on any atom is 0.328 e.